The third-order valence-corrected chi connectivity index (χ3v) is 3.59. The van der Waals surface area contributed by atoms with Gasteiger partial charge in [0.2, 0.25) is 0 Å². The Morgan fingerprint density at radius 2 is 1.82 bits per heavy atom. The van der Waals surface area contributed by atoms with E-state index in [0.29, 0.717) is 6.04 Å². The molecule has 2 rings (SSSR count). The number of nitrogens with two attached hydrogens (primary N) is 1. The molecule has 2 aliphatic rings. The van der Waals surface area contributed by atoms with Crippen molar-refractivity contribution in [2.45, 2.75) is 51.6 Å². The fourth-order valence-corrected chi connectivity index (χ4v) is 2.77. The van der Waals surface area contributed by atoms with Gasteiger partial charge in [-0.15, -0.1) is 0 Å². The summed E-state index contributed by atoms with van der Waals surface area (Å²) in [5, 5.41) is 0. The smallest absolute Gasteiger partial charge is 0.191 e. The molecule has 0 aromatic heterocycles. The lowest BCUT2D eigenvalue weighted by Gasteiger charge is -2.25. The van der Waals surface area contributed by atoms with Gasteiger partial charge < -0.3 is 10.6 Å². The fourth-order valence-electron chi connectivity index (χ4n) is 2.77. The molecule has 0 aliphatic carbocycles. The molecule has 4 nitrogen and oxygen atoms in total. The molecule has 2 N–H and O–H groups in total. The topological polar surface area (TPSA) is 44.9 Å². The third kappa shape index (κ3) is 3.35. The van der Waals surface area contributed by atoms with E-state index in [2.05, 4.69) is 35.6 Å². The summed E-state index contributed by atoms with van der Waals surface area (Å²) >= 11 is 0. The highest BCUT2D eigenvalue weighted by atomic mass is 15.3. The Morgan fingerprint density at radius 1 is 1.18 bits per heavy atom. The van der Waals surface area contributed by atoms with Crippen LogP contribution in [0.15, 0.2) is 4.99 Å². The Morgan fingerprint density at radius 3 is 2.41 bits per heavy atom. The van der Waals surface area contributed by atoms with Gasteiger partial charge in [-0.1, -0.05) is 0 Å². The van der Waals surface area contributed by atoms with Gasteiger partial charge in [0.05, 0.1) is 5.54 Å². The van der Waals surface area contributed by atoms with Crippen molar-refractivity contribution in [2.24, 2.45) is 10.7 Å². The first-order chi connectivity index (χ1) is 7.96. The number of nitrogens with zero attached hydrogens (tertiary/aromatic N) is 3. The molecule has 2 aliphatic heterocycles. The van der Waals surface area contributed by atoms with Crippen molar-refractivity contribution < 1.29 is 0 Å². The zero-order valence-electron chi connectivity index (χ0n) is 11.4. The summed E-state index contributed by atoms with van der Waals surface area (Å²) in [4.78, 5) is 9.41. The van der Waals surface area contributed by atoms with Crippen LogP contribution in [-0.4, -0.2) is 53.5 Å². The van der Waals surface area contributed by atoms with Crippen LogP contribution in [0.3, 0.4) is 0 Å². The van der Waals surface area contributed by atoms with Crippen molar-refractivity contribution in [3.05, 3.63) is 0 Å². The van der Waals surface area contributed by atoms with Crippen LogP contribution in [0.4, 0.5) is 0 Å². The van der Waals surface area contributed by atoms with Crippen molar-refractivity contribution in [1.29, 1.82) is 0 Å². The fraction of sp³-hybridized carbons (Fsp3) is 0.923. The van der Waals surface area contributed by atoms with Gasteiger partial charge in [0.15, 0.2) is 5.96 Å². The van der Waals surface area contributed by atoms with E-state index in [0.717, 1.165) is 19.0 Å². The van der Waals surface area contributed by atoms with E-state index in [4.69, 9.17) is 5.73 Å². The van der Waals surface area contributed by atoms with Crippen LogP contribution in [0, 0.1) is 0 Å². The third-order valence-electron chi connectivity index (χ3n) is 3.59. The van der Waals surface area contributed by atoms with Gasteiger partial charge in [-0.25, -0.2) is 4.99 Å². The maximum Gasteiger partial charge on any atom is 0.191 e. The molecule has 1 unspecified atom stereocenters. The van der Waals surface area contributed by atoms with Gasteiger partial charge in [-0.2, -0.15) is 0 Å². The summed E-state index contributed by atoms with van der Waals surface area (Å²) in [5.74, 6) is 0.721. The molecular formula is C13H26N4. The van der Waals surface area contributed by atoms with Gasteiger partial charge in [-0.05, 0) is 53.1 Å². The van der Waals surface area contributed by atoms with Crippen molar-refractivity contribution in [2.75, 3.05) is 26.2 Å². The molecule has 2 fully saturated rings. The maximum atomic E-state index is 6.08. The lowest BCUT2D eigenvalue weighted by Crippen LogP contribution is -2.41. The lowest BCUT2D eigenvalue weighted by atomic mass is 10.1. The van der Waals surface area contributed by atoms with Crippen molar-refractivity contribution in [1.82, 2.24) is 9.80 Å². The second-order valence-electron chi connectivity index (χ2n) is 6.27. The summed E-state index contributed by atoms with van der Waals surface area (Å²) < 4.78 is 0. The normalized spacial score (nSPS) is 28.1. The Balaban J connectivity index is 1.91. The number of rotatable bonds is 1. The molecule has 0 amide bonds. The highest BCUT2D eigenvalue weighted by Gasteiger charge is 2.30. The number of guanidine groups is 1. The van der Waals surface area contributed by atoms with Crippen molar-refractivity contribution in [3.63, 3.8) is 0 Å². The van der Waals surface area contributed by atoms with E-state index in [1.807, 2.05) is 0 Å². The monoisotopic (exact) mass is 238 g/mol. The Hall–Kier alpha value is -0.770. The van der Waals surface area contributed by atoms with Crippen LogP contribution >= 0.6 is 0 Å². The van der Waals surface area contributed by atoms with Crippen LogP contribution in [0.1, 0.15) is 40.0 Å². The van der Waals surface area contributed by atoms with Gasteiger partial charge in [0.1, 0.15) is 0 Å². The van der Waals surface area contributed by atoms with Gasteiger partial charge >= 0.3 is 0 Å². The Labute approximate surface area is 105 Å². The van der Waals surface area contributed by atoms with E-state index < -0.39 is 0 Å². The van der Waals surface area contributed by atoms with E-state index >= 15 is 0 Å². The molecule has 0 radical (unpaired) electrons. The minimum Gasteiger partial charge on any atom is -0.370 e. The second kappa shape index (κ2) is 4.84. The molecule has 0 aromatic carbocycles. The summed E-state index contributed by atoms with van der Waals surface area (Å²) in [7, 11) is 0. The van der Waals surface area contributed by atoms with Crippen LogP contribution in [-0.2, 0) is 0 Å². The molecule has 0 spiro atoms. The summed E-state index contributed by atoms with van der Waals surface area (Å²) in [6.07, 6.45) is 3.96. The van der Waals surface area contributed by atoms with E-state index in [1.165, 1.54) is 32.4 Å². The lowest BCUT2D eigenvalue weighted by molar-refractivity contribution is 0.249. The van der Waals surface area contributed by atoms with Gasteiger partial charge in [-0.3, -0.25) is 4.90 Å². The van der Waals surface area contributed by atoms with Crippen LogP contribution in [0.2, 0.25) is 0 Å². The molecule has 17 heavy (non-hydrogen) atoms. The molecule has 0 saturated carbocycles. The highest BCUT2D eigenvalue weighted by molar-refractivity contribution is 5.78. The van der Waals surface area contributed by atoms with E-state index in [1.54, 1.807) is 0 Å². The first-order valence-corrected chi connectivity index (χ1v) is 6.80. The molecule has 2 saturated heterocycles. The summed E-state index contributed by atoms with van der Waals surface area (Å²) in [6, 6.07) is 0.700. The molecule has 1 atom stereocenters. The maximum absolute atomic E-state index is 6.08. The zero-order chi connectivity index (χ0) is 12.5. The molecule has 4 heteroatoms. The quantitative estimate of drug-likeness (QED) is 0.553. The highest BCUT2D eigenvalue weighted by Crippen LogP contribution is 2.20. The minimum absolute atomic E-state index is 0.0736. The van der Waals surface area contributed by atoms with E-state index in [9.17, 15) is 0 Å². The standard InChI is InChI=1S/C13H26N4/c1-13(2,3)15-12(14)17-9-6-11(10-17)16-7-4-5-8-16/h11H,4-10H2,1-3H3,(H2,14,15). The van der Waals surface area contributed by atoms with Crippen LogP contribution in [0.5, 0.6) is 0 Å². The van der Waals surface area contributed by atoms with Crippen molar-refractivity contribution in [3.8, 4) is 0 Å². The second-order valence-corrected chi connectivity index (χ2v) is 6.27. The Kier molecular flexibility index (Phi) is 3.61. The number of aliphatic imine (C=N–C) groups is 1. The SMILES string of the molecule is CC(C)(C)N=C(N)N1CCC(N2CCCC2)C1. The average Bonchev–Trinajstić information content (AvgIpc) is 2.86. The molecule has 2 heterocycles. The van der Waals surface area contributed by atoms with Crippen LogP contribution in [0.25, 0.3) is 0 Å². The summed E-state index contributed by atoms with van der Waals surface area (Å²) in [5.41, 5.74) is 6.01. The molecule has 0 bridgehead atoms. The van der Waals surface area contributed by atoms with Crippen molar-refractivity contribution >= 4 is 5.96 Å². The molecule has 98 valence electrons. The number of likely N-dealkylation sites (tertiary alicyclic amines) is 2. The van der Waals surface area contributed by atoms with Gasteiger partial charge in [0.25, 0.3) is 0 Å². The zero-order valence-corrected chi connectivity index (χ0v) is 11.4. The summed E-state index contributed by atoms with van der Waals surface area (Å²) in [6.45, 7) is 10.9. The van der Waals surface area contributed by atoms with E-state index in [-0.39, 0.29) is 5.54 Å². The minimum atomic E-state index is -0.0736. The first-order valence-electron chi connectivity index (χ1n) is 6.80. The number of hydrogen-bond acceptors (Lipinski definition) is 2. The van der Waals surface area contributed by atoms with Gasteiger partial charge in [0, 0.05) is 19.1 Å². The predicted molar refractivity (Wildman–Crippen MR) is 72.2 cm³/mol. The average molecular weight is 238 g/mol. The first kappa shape index (κ1) is 12.7. The molecule has 0 aromatic rings. The van der Waals surface area contributed by atoms with Crippen LogP contribution < -0.4 is 5.73 Å². The predicted octanol–water partition coefficient (Wildman–Crippen LogP) is 1.27. The molecular weight excluding hydrogens is 212 g/mol. The Bertz CT molecular complexity index is 286. The number of hydrogen-bond donors (Lipinski definition) is 1. The largest absolute Gasteiger partial charge is 0.370 e.